The van der Waals surface area contributed by atoms with Crippen molar-refractivity contribution in [2.45, 2.75) is 4.90 Å². The summed E-state index contributed by atoms with van der Waals surface area (Å²) < 4.78 is 35.9. The zero-order valence-electron chi connectivity index (χ0n) is 14.9. The number of benzene rings is 1. The van der Waals surface area contributed by atoms with Gasteiger partial charge in [0.25, 0.3) is 5.91 Å². The molecule has 1 aromatic carbocycles. The molecular weight excluding hydrogens is 382 g/mol. The SMILES string of the molecule is CN(C)S(=O)(=O)c1ccc(OCC(=O)NCCN2CCOCC2)c(Cl)c1. The summed E-state index contributed by atoms with van der Waals surface area (Å²) in [6.07, 6.45) is 0. The second-order valence-electron chi connectivity index (χ2n) is 5.97. The highest BCUT2D eigenvalue weighted by atomic mass is 35.5. The Bertz CT molecular complexity index is 721. The lowest BCUT2D eigenvalue weighted by Gasteiger charge is -2.26. The molecule has 146 valence electrons. The largest absolute Gasteiger partial charge is 0.482 e. The van der Waals surface area contributed by atoms with E-state index >= 15 is 0 Å². The third-order valence-electron chi connectivity index (χ3n) is 3.89. The van der Waals surface area contributed by atoms with Crippen molar-refractivity contribution in [2.24, 2.45) is 0 Å². The zero-order chi connectivity index (χ0) is 19.2. The average molecular weight is 406 g/mol. The van der Waals surface area contributed by atoms with Gasteiger partial charge in [0.05, 0.1) is 23.1 Å². The summed E-state index contributed by atoms with van der Waals surface area (Å²) in [5.74, 6) is -0.00739. The van der Waals surface area contributed by atoms with Crippen LogP contribution in [0.4, 0.5) is 0 Å². The van der Waals surface area contributed by atoms with Crippen molar-refractivity contribution in [3.05, 3.63) is 23.2 Å². The molecule has 0 aromatic heterocycles. The van der Waals surface area contributed by atoms with Crippen LogP contribution in [0.2, 0.25) is 5.02 Å². The zero-order valence-corrected chi connectivity index (χ0v) is 16.5. The Labute approximate surface area is 159 Å². The molecule has 1 aliphatic heterocycles. The number of sulfonamides is 1. The monoisotopic (exact) mass is 405 g/mol. The number of ether oxygens (including phenoxy) is 2. The first-order chi connectivity index (χ1) is 12.3. The molecule has 1 saturated heterocycles. The highest BCUT2D eigenvalue weighted by molar-refractivity contribution is 7.89. The molecule has 0 aliphatic carbocycles. The van der Waals surface area contributed by atoms with E-state index < -0.39 is 10.0 Å². The maximum absolute atomic E-state index is 12.1. The van der Waals surface area contributed by atoms with Crippen LogP contribution in [0.25, 0.3) is 0 Å². The molecule has 1 aromatic rings. The van der Waals surface area contributed by atoms with Crippen molar-refractivity contribution in [1.29, 1.82) is 0 Å². The summed E-state index contributed by atoms with van der Waals surface area (Å²) in [6.45, 7) is 4.25. The molecule has 0 bridgehead atoms. The van der Waals surface area contributed by atoms with Gasteiger partial charge >= 0.3 is 0 Å². The van der Waals surface area contributed by atoms with Crippen LogP contribution in [0.3, 0.4) is 0 Å². The van der Waals surface area contributed by atoms with Gasteiger partial charge in [-0.1, -0.05) is 11.6 Å². The lowest BCUT2D eigenvalue weighted by Crippen LogP contribution is -2.42. The van der Waals surface area contributed by atoms with Crippen molar-refractivity contribution in [3.63, 3.8) is 0 Å². The van der Waals surface area contributed by atoms with Gasteiger partial charge in [-0.05, 0) is 18.2 Å². The number of nitrogens with one attached hydrogen (secondary N) is 1. The van der Waals surface area contributed by atoms with Gasteiger partial charge in [0.1, 0.15) is 5.75 Å². The molecule has 2 rings (SSSR count). The summed E-state index contributed by atoms with van der Waals surface area (Å²) in [5, 5.41) is 2.91. The van der Waals surface area contributed by atoms with Gasteiger partial charge in [-0.25, -0.2) is 12.7 Å². The van der Waals surface area contributed by atoms with E-state index in [4.69, 9.17) is 21.1 Å². The van der Waals surface area contributed by atoms with E-state index in [-0.39, 0.29) is 28.2 Å². The van der Waals surface area contributed by atoms with Crippen LogP contribution in [0.1, 0.15) is 0 Å². The van der Waals surface area contributed by atoms with Crippen molar-refractivity contribution >= 4 is 27.5 Å². The second-order valence-corrected chi connectivity index (χ2v) is 8.53. The van der Waals surface area contributed by atoms with E-state index in [1.807, 2.05) is 0 Å². The number of rotatable bonds is 8. The first kappa shape index (κ1) is 20.9. The molecule has 1 N–H and O–H groups in total. The lowest BCUT2D eigenvalue weighted by atomic mass is 10.3. The Balaban J connectivity index is 1.80. The summed E-state index contributed by atoms with van der Waals surface area (Å²) in [5.41, 5.74) is 0. The summed E-state index contributed by atoms with van der Waals surface area (Å²) in [7, 11) is -0.691. The van der Waals surface area contributed by atoms with Crippen LogP contribution in [0.5, 0.6) is 5.75 Å². The van der Waals surface area contributed by atoms with Gasteiger partial charge < -0.3 is 14.8 Å². The maximum Gasteiger partial charge on any atom is 0.257 e. The highest BCUT2D eigenvalue weighted by Crippen LogP contribution is 2.28. The van der Waals surface area contributed by atoms with E-state index in [9.17, 15) is 13.2 Å². The summed E-state index contributed by atoms with van der Waals surface area (Å²) >= 11 is 6.07. The smallest absolute Gasteiger partial charge is 0.257 e. The van der Waals surface area contributed by atoms with Gasteiger partial charge in [-0.15, -0.1) is 0 Å². The maximum atomic E-state index is 12.1. The standard InChI is InChI=1S/C16H24ClN3O5S/c1-19(2)26(22,23)13-3-4-15(14(17)11-13)25-12-16(21)18-5-6-20-7-9-24-10-8-20/h3-4,11H,5-10,12H2,1-2H3,(H,18,21). The minimum Gasteiger partial charge on any atom is -0.482 e. The molecule has 1 amide bonds. The fourth-order valence-electron chi connectivity index (χ4n) is 2.34. The number of halogens is 1. The molecule has 0 unspecified atom stereocenters. The van der Waals surface area contributed by atoms with Crippen LogP contribution in [0, 0.1) is 0 Å². The fraction of sp³-hybridized carbons (Fsp3) is 0.562. The third-order valence-corrected chi connectivity index (χ3v) is 6.00. The molecule has 10 heteroatoms. The van der Waals surface area contributed by atoms with Crippen LogP contribution in [-0.4, -0.2) is 83.6 Å². The number of nitrogens with zero attached hydrogens (tertiary/aromatic N) is 2. The lowest BCUT2D eigenvalue weighted by molar-refractivity contribution is -0.123. The van der Waals surface area contributed by atoms with Gasteiger partial charge in [-0.2, -0.15) is 0 Å². The van der Waals surface area contributed by atoms with E-state index in [0.29, 0.717) is 6.54 Å². The molecule has 26 heavy (non-hydrogen) atoms. The van der Waals surface area contributed by atoms with Crippen LogP contribution < -0.4 is 10.1 Å². The molecule has 0 spiro atoms. The Morgan fingerprint density at radius 3 is 2.65 bits per heavy atom. The minimum atomic E-state index is -3.57. The first-order valence-electron chi connectivity index (χ1n) is 8.22. The van der Waals surface area contributed by atoms with Gasteiger partial charge in [-0.3, -0.25) is 9.69 Å². The predicted molar refractivity (Wildman–Crippen MR) is 98.1 cm³/mol. The van der Waals surface area contributed by atoms with E-state index in [0.717, 1.165) is 37.2 Å². The van der Waals surface area contributed by atoms with Gasteiger partial charge in [0.15, 0.2) is 6.61 Å². The second kappa shape index (κ2) is 9.52. The number of carbonyl (C=O) groups is 1. The first-order valence-corrected chi connectivity index (χ1v) is 10.0. The topological polar surface area (TPSA) is 88.2 Å². The molecule has 8 nitrogen and oxygen atoms in total. The number of hydrogen-bond donors (Lipinski definition) is 1. The quantitative estimate of drug-likeness (QED) is 0.674. The molecule has 0 radical (unpaired) electrons. The van der Waals surface area contributed by atoms with Crippen molar-refractivity contribution in [3.8, 4) is 5.75 Å². The third kappa shape index (κ3) is 5.82. The minimum absolute atomic E-state index is 0.0646. The highest BCUT2D eigenvalue weighted by Gasteiger charge is 2.19. The molecule has 1 fully saturated rings. The fourth-order valence-corrected chi connectivity index (χ4v) is 3.57. The Kier molecular flexibility index (Phi) is 7.66. The van der Waals surface area contributed by atoms with E-state index in [2.05, 4.69) is 10.2 Å². The molecular formula is C16H24ClN3O5S. The molecule has 0 atom stereocenters. The summed E-state index contributed by atoms with van der Waals surface area (Å²) in [6, 6.07) is 4.15. The van der Waals surface area contributed by atoms with Crippen molar-refractivity contribution in [2.75, 3.05) is 60.1 Å². The van der Waals surface area contributed by atoms with E-state index in [1.54, 1.807) is 0 Å². The van der Waals surface area contributed by atoms with Crippen LogP contribution >= 0.6 is 11.6 Å². The summed E-state index contributed by atoms with van der Waals surface area (Å²) in [4.78, 5) is 14.1. The Hall–Kier alpha value is -1.39. The Morgan fingerprint density at radius 2 is 2.04 bits per heavy atom. The molecule has 1 aliphatic rings. The van der Waals surface area contributed by atoms with Crippen LogP contribution in [-0.2, 0) is 19.6 Å². The van der Waals surface area contributed by atoms with Crippen LogP contribution in [0.15, 0.2) is 23.1 Å². The van der Waals surface area contributed by atoms with Gasteiger partial charge in [0, 0.05) is 40.3 Å². The normalized spacial score (nSPS) is 15.8. The molecule has 1 heterocycles. The molecule has 0 saturated carbocycles. The average Bonchev–Trinajstić information content (AvgIpc) is 2.61. The number of amides is 1. The number of hydrogen-bond acceptors (Lipinski definition) is 6. The van der Waals surface area contributed by atoms with Crippen molar-refractivity contribution in [1.82, 2.24) is 14.5 Å². The predicted octanol–water partition coefficient (Wildman–Crippen LogP) is 0.418. The Morgan fingerprint density at radius 1 is 1.35 bits per heavy atom. The van der Waals surface area contributed by atoms with E-state index in [1.165, 1.54) is 32.3 Å². The number of morpholine rings is 1. The van der Waals surface area contributed by atoms with Crippen molar-refractivity contribution < 1.29 is 22.7 Å². The number of carbonyl (C=O) groups excluding carboxylic acids is 1. The van der Waals surface area contributed by atoms with Gasteiger partial charge in [0.2, 0.25) is 10.0 Å².